The molecule has 2 atom stereocenters. The molecular formula is C11H15I. The summed E-state index contributed by atoms with van der Waals surface area (Å²) >= 11 is 2.48. The van der Waals surface area contributed by atoms with Gasteiger partial charge >= 0.3 is 0 Å². The van der Waals surface area contributed by atoms with E-state index in [0.29, 0.717) is 9.84 Å². The summed E-state index contributed by atoms with van der Waals surface area (Å²) in [6.07, 6.45) is 0. The minimum absolute atomic E-state index is 0.659. The number of hydrogen-bond acceptors (Lipinski definition) is 0. The summed E-state index contributed by atoms with van der Waals surface area (Å²) in [6.45, 7) is 6.66. The molecule has 0 bridgehead atoms. The summed E-state index contributed by atoms with van der Waals surface area (Å²) in [5, 5.41) is 0. The van der Waals surface area contributed by atoms with Gasteiger partial charge in [0.05, 0.1) is 0 Å². The molecule has 0 saturated carbocycles. The third kappa shape index (κ3) is 2.47. The Bertz CT molecular complexity index is 236. The van der Waals surface area contributed by atoms with Crippen LogP contribution in [0, 0.1) is 6.92 Å². The molecule has 0 amide bonds. The van der Waals surface area contributed by atoms with Crippen molar-refractivity contribution < 1.29 is 0 Å². The van der Waals surface area contributed by atoms with Crippen LogP contribution >= 0.6 is 22.6 Å². The smallest absolute Gasteiger partial charge is 0.0147 e. The Labute approximate surface area is 88.5 Å². The maximum Gasteiger partial charge on any atom is 0.0147 e. The zero-order valence-electron chi connectivity index (χ0n) is 7.84. The molecule has 0 saturated heterocycles. The van der Waals surface area contributed by atoms with Gasteiger partial charge < -0.3 is 0 Å². The van der Waals surface area contributed by atoms with Crippen molar-refractivity contribution in [2.24, 2.45) is 0 Å². The van der Waals surface area contributed by atoms with Crippen LogP contribution in [0.5, 0.6) is 0 Å². The highest BCUT2D eigenvalue weighted by molar-refractivity contribution is 14.1. The van der Waals surface area contributed by atoms with Crippen LogP contribution in [0.4, 0.5) is 0 Å². The first-order valence-electron chi connectivity index (χ1n) is 4.32. The molecular weight excluding hydrogens is 259 g/mol. The van der Waals surface area contributed by atoms with Gasteiger partial charge in [0.15, 0.2) is 0 Å². The normalized spacial score (nSPS) is 15.7. The Morgan fingerprint density at radius 2 is 1.58 bits per heavy atom. The summed E-state index contributed by atoms with van der Waals surface area (Å²) < 4.78 is 0.699. The molecule has 0 spiro atoms. The highest BCUT2D eigenvalue weighted by atomic mass is 127. The van der Waals surface area contributed by atoms with Crippen LogP contribution in [0.2, 0.25) is 0 Å². The second kappa shape index (κ2) is 4.26. The number of benzene rings is 1. The maximum absolute atomic E-state index is 2.48. The van der Waals surface area contributed by atoms with E-state index in [0.717, 1.165) is 0 Å². The standard InChI is InChI=1S/C11H15I/c1-8-4-6-11(7-5-8)9(2)10(3)12/h4-7,9-10H,1-3H3/t9-,10?/m1/s1. The monoisotopic (exact) mass is 274 g/mol. The lowest BCUT2D eigenvalue weighted by atomic mass is 9.98. The van der Waals surface area contributed by atoms with Gasteiger partial charge in [0.25, 0.3) is 0 Å². The lowest BCUT2D eigenvalue weighted by molar-refractivity contribution is 0.773. The molecule has 0 aliphatic heterocycles. The molecule has 0 aromatic heterocycles. The first-order valence-corrected chi connectivity index (χ1v) is 5.56. The summed E-state index contributed by atoms with van der Waals surface area (Å²) in [5.74, 6) is 0.659. The van der Waals surface area contributed by atoms with E-state index in [2.05, 4.69) is 67.6 Å². The molecule has 0 aliphatic rings. The van der Waals surface area contributed by atoms with Gasteiger partial charge in [-0.15, -0.1) is 0 Å². The average molecular weight is 274 g/mol. The average Bonchev–Trinajstić information content (AvgIpc) is 2.04. The molecule has 0 nitrogen and oxygen atoms in total. The highest BCUT2D eigenvalue weighted by Crippen LogP contribution is 2.24. The predicted molar refractivity (Wildman–Crippen MR) is 63.1 cm³/mol. The fourth-order valence-corrected chi connectivity index (χ4v) is 1.55. The predicted octanol–water partition coefficient (Wildman–Crippen LogP) is 3.92. The maximum atomic E-state index is 2.48. The zero-order chi connectivity index (χ0) is 9.14. The minimum Gasteiger partial charge on any atom is -0.0823 e. The molecule has 0 aliphatic carbocycles. The number of alkyl halides is 1. The zero-order valence-corrected chi connectivity index (χ0v) is 10.00. The van der Waals surface area contributed by atoms with Crippen LogP contribution in [0.3, 0.4) is 0 Å². The van der Waals surface area contributed by atoms with Crippen LogP contribution < -0.4 is 0 Å². The second-order valence-corrected chi connectivity index (χ2v) is 5.34. The van der Waals surface area contributed by atoms with Crippen molar-refractivity contribution in [2.45, 2.75) is 30.6 Å². The summed E-state index contributed by atoms with van der Waals surface area (Å²) in [7, 11) is 0. The minimum atomic E-state index is 0.659. The van der Waals surface area contributed by atoms with Crippen molar-refractivity contribution in [3.63, 3.8) is 0 Å². The Kier molecular flexibility index (Phi) is 3.56. The van der Waals surface area contributed by atoms with Gasteiger partial charge in [-0.25, -0.2) is 0 Å². The Balaban J connectivity index is 2.82. The summed E-state index contributed by atoms with van der Waals surface area (Å²) in [6, 6.07) is 8.83. The number of halogens is 1. The van der Waals surface area contributed by atoms with Crippen LogP contribution in [-0.4, -0.2) is 3.92 Å². The Morgan fingerprint density at radius 3 is 2.00 bits per heavy atom. The second-order valence-electron chi connectivity index (χ2n) is 3.38. The highest BCUT2D eigenvalue weighted by Gasteiger charge is 2.09. The van der Waals surface area contributed by atoms with E-state index in [9.17, 15) is 0 Å². The van der Waals surface area contributed by atoms with Gasteiger partial charge in [0.1, 0.15) is 0 Å². The van der Waals surface area contributed by atoms with Crippen molar-refractivity contribution in [3.05, 3.63) is 35.4 Å². The first-order chi connectivity index (χ1) is 5.61. The van der Waals surface area contributed by atoms with Gasteiger partial charge in [-0.1, -0.05) is 66.3 Å². The quantitative estimate of drug-likeness (QED) is 0.566. The molecule has 1 unspecified atom stereocenters. The van der Waals surface area contributed by atoms with E-state index in [1.807, 2.05) is 0 Å². The lowest BCUT2D eigenvalue weighted by Crippen LogP contribution is -2.03. The third-order valence-corrected chi connectivity index (χ3v) is 3.37. The fraction of sp³-hybridized carbons (Fsp3) is 0.455. The molecule has 66 valence electrons. The SMILES string of the molecule is Cc1ccc([C@H](C)C(C)I)cc1. The van der Waals surface area contributed by atoms with E-state index < -0.39 is 0 Å². The number of rotatable bonds is 2. The van der Waals surface area contributed by atoms with Crippen molar-refractivity contribution in [1.29, 1.82) is 0 Å². The third-order valence-electron chi connectivity index (χ3n) is 2.29. The van der Waals surface area contributed by atoms with Crippen molar-refractivity contribution in [2.75, 3.05) is 0 Å². The summed E-state index contributed by atoms with van der Waals surface area (Å²) in [4.78, 5) is 0. The molecule has 1 aromatic carbocycles. The van der Waals surface area contributed by atoms with Gasteiger partial charge in [-0.2, -0.15) is 0 Å². The van der Waals surface area contributed by atoms with Gasteiger partial charge in [0, 0.05) is 3.92 Å². The van der Waals surface area contributed by atoms with Crippen LogP contribution in [-0.2, 0) is 0 Å². The largest absolute Gasteiger partial charge is 0.0823 e. The lowest BCUT2D eigenvalue weighted by Gasteiger charge is -2.14. The summed E-state index contributed by atoms with van der Waals surface area (Å²) in [5.41, 5.74) is 2.79. The number of hydrogen-bond donors (Lipinski definition) is 0. The van der Waals surface area contributed by atoms with Gasteiger partial charge in [-0.05, 0) is 18.4 Å². The molecule has 1 heteroatoms. The van der Waals surface area contributed by atoms with Crippen LogP contribution in [0.1, 0.15) is 30.9 Å². The van der Waals surface area contributed by atoms with Crippen LogP contribution in [0.15, 0.2) is 24.3 Å². The molecule has 1 aromatic rings. The Hall–Kier alpha value is -0.0500. The molecule has 0 N–H and O–H groups in total. The molecule has 0 fully saturated rings. The molecule has 12 heavy (non-hydrogen) atoms. The molecule has 0 radical (unpaired) electrons. The van der Waals surface area contributed by atoms with Crippen molar-refractivity contribution >= 4 is 22.6 Å². The van der Waals surface area contributed by atoms with Crippen molar-refractivity contribution in [1.82, 2.24) is 0 Å². The van der Waals surface area contributed by atoms with Gasteiger partial charge in [-0.3, -0.25) is 0 Å². The Morgan fingerprint density at radius 1 is 1.08 bits per heavy atom. The first kappa shape index (κ1) is 10.0. The fourth-order valence-electron chi connectivity index (χ4n) is 1.14. The van der Waals surface area contributed by atoms with E-state index in [1.165, 1.54) is 11.1 Å². The van der Waals surface area contributed by atoms with Crippen LogP contribution in [0.25, 0.3) is 0 Å². The van der Waals surface area contributed by atoms with E-state index in [1.54, 1.807) is 0 Å². The van der Waals surface area contributed by atoms with E-state index >= 15 is 0 Å². The molecule has 0 heterocycles. The topological polar surface area (TPSA) is 0 Å². The molecule has 1 rings (SSSR count). The number of aryl methyl sites for hydroxylation is 1. The van der Waals surface area contributed by atoms with E-state index in [-0.39, 0.29) is 0 Å². The van der Waals surface area contributed by atoms with Crippen molar-refractivity contribution in [3.8, 4) is 0 Å². The van der Waals surface area contributed by atoms with Gasteiger partial charge in [0.2, 0.25) is 0 Å². The van der Waals surface area contributed by atoms with E-state index in [4.69, 9.17) is 0 Å².